The molecule has 20 heavy (non-hydrogen) atoms. The van der Waals surface area contributed by atoms with E-state index in [4.69, 9.17) is 5.73 Å². The summed E-state index contributed by atoms with van der Waals surface area (Å²) in [6.45, 7) is 14.1. The number of hydrogen-bond acceptors (Lipinski definition) is 3. The standard InChI is InChI=1S/C17H37N3/c1-4-7-17(9-10-18)8-6-11-19-12-14-20(15-13-19)16(3)5-2/h16-17H,4-15,18H2,1-3H3. The monoisotopic (exact) mass is 283 g/mol. The van der Waals surface area contributed by atoms with Crippen LogP contribution in [-0.2, 0) is 0 Å². The third kappa shape index (κ3) is 6.55. The fraction of sp³-hybridized carbons (Fsp3) is 1.00. The fourth-order valence-electron chi connectivity index (χ4n) is 3.37. The van der Waals surface area contributed by atoms with Gasteiger partial charge in [-0.3, -0.25) is 4.90 Å². The molecule has 0 spiro atoms. The summed E-state index contributed by atoms with van der Waals surface area (Å²) in [4.78, 5) is 5.30. The number of rotatable bonds is 10. The maximum Gasteiger partial charge on any atom is 0.0113 e. The van der Waals surface area contributed by atoms with E-state index in [1.54, 1.807) is 0 Å². The van der Waals surface area contributed by atoms with Crippen LogP contribution in [0.3, 0.4) is 0 Å². The second kappa shape index (κ2) is 10.6. The van der Waals surface area contributed by atoms with Gasteiger partial charge < -0.3 is 10.6 Å². The summed E-state index contributed by atoms with van der Waals surface area (Å²) in [6.07, 6.45) is 7.88. The third-order valence-electron chi connectivity index (χ3n) is 4.98. The molecule has 0 aromatic rings. The van der Waals surface area contributed by atoms with Crippen LogP contribution in [0.1, 0.15) is 59.3 Å². The minimum absolute atomic E-state index is 0.760. The molecule has 0 amide bonds. The van der Waals surface area contributed by atoms with Crippen LogP contribution in [-0.4, -0.2) is 55.1 Å². The molecular formula is C17H37N3. The van der Waals surface area contributed by atoms with Gasteiger partial charge in [0, 0.05) is 32.2 Å². The number of nitrogens with zero attached hydrogens (tertiary/aromatic N) is 2. The average molecular weight is 284 g/mol. The molecule has 0 radical (unpaired) electrons. The topological polar surface area (TPSA) is 32.5 Å². The number of piperazine rings is 1. The molecule has 0 bridgehead atoms. The highest BCUT2D eigenvalue weighted by molar-refractivity contribution is 4.75. The van der Waals surface area contributed by atoms with Crippen molar-refractivity contribution in [2.75, 3.05) is 39.3 Å². The van der Waals surface area contributed by atoms with Crippen molar-refractivity contribution in [1.29, 1.82) is 0 Å². The maximum atomic E-state index is 5.72. The van der Waals surface area contributed by atoms with Crippen LogP contribution in [0.5, 0.6) is 0 Å². The van der Waals surface area contributed by atoms with Crippen molar-refractivity contribution >= 4 is 0 Å². The molecule has 2 unspecified atom stereocenters. The maximum absolute atomic E-state index is 5.72. The van der Waals surface area contributed by atoms with Crippen molar-refractivity contribution < 1.29 is 0 Å². The first-order valence-corrected chi connectivity index (χ1v) is 8.87. The minimum atomic E-state index is 0.760. The van der Waals surface area contributed by atoms with Crippen molar-refractivity contribution in [1.82, 2.24) is 9.80 Å². The molecule has 1 heterocycles. The van der Waals surface area contributed by atoms with E-state index in [9.17, 15) is 0 Å². The van der Waals surface area contributed by atoms with Gasteiger partial charge in [-0.2, -0.15) is 0 Å². The lowest BCUT2D eigenvalue weighted by atomic mass is 9.94. The summed E-state index contributed by atoms with van der Waals surface area (Å²) in [5.41, 5.74) is 5.72. The molecule has 0 aromatic carbocycles. The normalized spacial score (nSPS) is 21.0. The van der Waals surface area contributed by atoms with Crippen molar-refractivity contribution in [2.45, 2.75) is 65.3 Å². The van der Waals surface area contributed by atoms with Crippen LogP contribution in [0.2, 0.25) is 0 Å². The Morgan fingerprint density at radius 1 is 1.00 bits per heavy atom. The fourth-order valence-corrected chi connectivity index (χ4v) is 3.37. The Balaban J connectivity index is 2.14. The van der Waals surface area contributed by atoms with Crippen LogP contribution >= 0.6 is 0 Å². The second-order valence-electron chi connectivity index (χ2n) is 6.51. The molecule has 1 aliphatic rings. The Hall–Kier alpha value is -0.120. The summed E-state index contributed by atoms with van der Waals surface area (Å²) in [5, 5.41) is 0. The molecule has 1 rings (SSSR count). The van der Waals surface area contributed by atoms with Gasteiger partial charge in [-0.05, 0) is 51.6 Å². The van der Waals surface area contributed by atoms with Gasteiger partial charge >= 0.3 is 0 Å². The Morgan fingerprint density at radius 3 is 2.25 bits per heavy atom. The van der Waals surface area contributed by atoms with Crippen LogP contribution < -0.4 is 5.73 Å². The van der Waals surface area contributed by atoms with E-state index in [0.29, 0.717) is 0 Å². The van der Waals surface area contributed by atoms with Gasteiger partial charge in [-0.15, -0.1) is 0 Å². The van der Waals surface area contributed by atoms with Crippen molar-refractivity contribution in [3.8, 4) is 0 Å². The zero-order valence-corrected chi connectivity index (χ0v) is 14.1. The first-order chi connectivity index (χ1) is 9.71. The van der Waals surface area contributed by atoms with Gasteiger partial charge in [0.15, 0.2) is 0 Å². The summed E-state index contributed by atoms with van der Waals surface area (Å²) in [6, 6.07) is 0.760. The molecule has 0 saturated carbocycles. The molecule has 2 atom stereocenters. The average Bonchev–Trinajstić information content (AvgIpc) is 2.47. The van der Waals surface area contributed by atoms with Crippen LogP contribution in [0.25, 0.3) is 0 Å². The summed E-state index contributed by atoms with van der Waals surface area (Å²) in [5.74, 6) is 0.867. The SMILES string of the molecule is CCCC(CCN)CCCN1CCN(C(C)CC)CC1. The highest BCUT2D eigenvalue weighted by atomic mass is 15.3. The van der Waals surface area contributed by atoms with Crippen molar-refractivity contribution in [3.63, 3.8) is 0 Å². The minimum Gasteiger partial charge on any atom is -0.330 e. The lowest BCUT2D eigenvalue weighted by molar-refractivity contribution is 0.0984. The van der Waals surface area contributed by atoms with Gasteiger partial charge in [0.25, 0.3) is 0 Å². The Labute approximate surface area is 126 Å². The van der Waals surface area contributed by atoms with Gasteiger partial charge in [-0.25, -0.2) is 0 Å². The van der Waals surface area contributed by atoms with E-state index in [1.165, 1.54) is 71.2 Å². The summed E-state index contributed by atoms with van der Waals surface area (Å²) < 4.78 is 0. The van der Waals surface area contributed by atoms with E-state index in [2.05, 4.69) is 30.6 Å². The predicted octanol–water partition coefficient (Wildman–Crippen LogP) is 2.95. The molecule has 1 fully saturated rings. The van der Waals surface area contributed by atoms with E-state index in [0.717, 1.165) is 18.5 Å². The number of nitrogens with two attached hydrogens (primary N) is 1. The van der Waals surface area contributed by atoms with Crippen LogP contribution in [0, 0.1) is 5.92 Å². The predicted molar refractivity (Wildman–Crippen MR) is 89.1 cm³/mol. The van der Waals surface area contributed by atoms with Crippen LogP contribution in [0.15, 0.2) is 0 Å². The van der Waals surface area contributed by atoms with Gasteiger partial charge in [0.1, 0.15) is 0 Å². The van der Waals surface area contributed by atoms with E-state index < -0.39 is 0 Å². The molecule has 1 aliphatic heterocycles. The smallest absolute Gasteiger partial charge is 0.0113 e. The molecule has 3 heteroatoms. The molecule has 0 aromatic heterocycles. The highest BCUT2D eigenvalue weighted by Crippen LogP contribution is 2.17. The lowest BCUT2D eigenvalue weighted by Gasteiger charge is -2.38. The van der Waals surface area contributed by atoms with Gasteiger partial charge in [0.05, 0.1) is 0 Å². The Bertz CT molecular complexity index is 218. The zero-order valence-electron chi connectivity index (χ0n) is 14.1. The van der Waals surface area contributed by atoms with Crippen molar-refractivity contribution in [3.05, 3.63) is 0 Å². The zero-order chi connectivity index (χ0) is 14.8. The summed E-state index contributed by atoms with van der Waals surface area (Å²) >= 11 is 0. The highest BCUT2D eigenvalue weighted by Gasteiger charge is 2.19. The van der Waals surface area contributed by atoms with Crippen LogP contribution in [0.4, 0.5) is 0 Å². The number of hydrogen-bond donors (Lipinski definition) is 1. The second-order valence-corrected chi connectivity index (χ2v) is 6.51. The first-order valence-electron chi connectivity index (χ1n) is 8.87. The Morgan fingerprint density at radius 2 is 1.70 bits per heavy atom. The molecule has 0 aliphatic carbocycles. The van der Waals surface area contributed by atoms with E-state index in [1.807, 2.05) is 0 Å². The molecule has 1 saturated heterocycles. The quantitative estimate of drug-likeness (QED) is 0.669. The Kier molecular flexibility index (Phi) is 9.49. The third-order valence-corrected chi connectivity index (χ3v) is 4.98. The lowest BCUT2D eigenvalue weighted by Crippen LogP contribution is -2.49. The van der Waals surface area contributed by atoms with Crippen molar-refractivity contribution in [2.24, 2.45) is 11.7 Å². The van der Waals surface area contributed by atoms with Gasteiger partial charge in [0.2, 0.25) is 0 Å². The first kappa shape index (κ1) is 17.9. The molecule has 3 nitrogen and oxygen atoms in total. The van der Waals surface area contributed by atoms with E-state index in [-0.39, 0.29) is 0 Å². The summed E-state index contributed by atoms with van der Waals surface area (Å²) in [7, 11) is 0. The molecule has 120 valence electrons. The molecular weight excluding hydrogens is 246 g/mol. The van der Waals surface area contributed by atoms with Gasteiger partial charge in [-0.1, -0.05) is 26.7 Å². The molecule has 2 N–H and O–H groups in total. The van der Waals surface area contributed by atoms with E-state index >= 15 is 0 Å². The largest absolute Gasteiger partial charge is 0.330 e.